The molecular weight excluding hydrogens is 598 g/mol. The predicted molar refractivity (Wildman–Crippen MR) is 177 cm³/mol. The third-order valence-electron chi connectivity index (χ3n) is 15.6. The van der Waals surface area contributed by atoms with E-state index in [0.29, 0.717) is 11.8 Å². The maximum atomic E-state index is 13.0. The van der Waals surface area contributed by atoms with Gasteiger partial charge in [-0.3, -0.25) is 9.59 Å². The van der Waals surface area contributed by atoms with Crippen LogP contribution in [0.25, 0.3) is 0 Å². The average Bonchev–Trinajstić information content (AvgIpc) is 2.97. The molecule has 0 radical (unpaired) electrons. The van der Waals surface area contributed by atoms with Crippen molar-refractivity contribution in [2.45, 2.75) is 156 Å². The molecular formula is C38H61NO8. The fraction of sp³-hybridized carbons (Fsp3) is 0.895. The number of aliphatic hydroxyl groups is 3. The number of carbonyl (C=O) groups excluding carboxylic acids is 1. The smallest absolute Gasteiger partial charge is 0.310 e. The van der Waals surface area contributed by atoms with Crippen LogP contribution in [-0.4, -0.2) is 75.7 Å². The van der Waals surface area contributed by atoms with E-state index in [0.717, 1.165) is 64.2 Å². The third-order valence-corrected chi connectivity index (χ3v) is 15.6. The molecule has 0 unspecified atom stereocenters. The Morgan fingerprint density at radius 2 is 1.62 bits per heavy atom. The number of fused-ring (bicyclic) bond motifs is 7. The number of nitrogens with one attached hydrogen (secondary N) is 1. The van der Waals surface area contributed by atoms with Crippen LogP contribution in [0.15, 0.2) is 11.6 Å². The van der Waals surface area contributed by atoms with Gasteiger partial charge in [-0.2, -0.15) is 0 Å². The van der Waals surface area contributed by atoms with Crippen molar-refractivity contribution in [3.8, 4) is 0 Å². The Balaban J connectivity index is 1.29. The Bertz CT molecular complexity index is 1300. The molecule has 6 aliphatic rings. The molecule has 0 bridgehead atoms. The van der Waals surface area contributed by atoms with Crippen LogP contribution in [0.2, 0.25) is 0 Å². The first-order valence-electron chi connectivity index (χ1n) is 18.3. The summed E-state index contributed by atoms with van der Waals surface area (Å²) < 4.78 is 12.7. The van der Waals surface area contributed by atoms with Gasteiger partial charge in [0, 0.05) is 6.92 Å². The minimum atomic E-state index is -1.35. The summed E-state index contributed by atoms with van der Waals surface area (Å²) >= 11 is 0. The van der Waals surface area contributed by atoms with Gasteiger partial charge in [-0.15, -0.1) is 0 Å². The molecule has 9 heteroatoms. The monoisotopic (exact) mass is 659 g/mol. The van der Waals surface area contributed by atoms with E-state index in [1.807, 2.05) is 0 Å². The molecule has 0 spiro atoms. The first kappa shape index (κ1) is 35.3. The fourth-order valence-electron chi connectivity index (χ4n) is 12.6. The Kier molecular flexibility index (Phi) is 8.65. The third kappa shape index (κ3) is 5.10. The maximum absolute atomic E-state index is 13.0. The molecule has 6 rings (SSSR count). The SMILES string of the molecule is CC(=O)N[C@H]1[C@H](O[C@H]2CC[C@]3(C)[C@H]4CC=C5[C@H]6CC(C)(C)CC[C@]6(C(=O)O)CC[C@@]5(C)[C@]4(C)CC[C@H]3C2(C)C)O[C@H](CO)[C@@H](O)[C@@H]1O. The highest BCUT2D eigenvalue weighted by molar-refractivity contribution is 5.76. The Labute approximate surface area is 281 Å². The van der Waals surface area contributed by atoms with Gasteiger partial charge >= 0.3 is 5.97 Å². The molecule has 9 nitrogen and oxygen atoms in total. The van der Waals surface area contributed by atoms with Crippen molar-refractivity contribution in [2.24, 2.45) is 50.2 Å². The summed E-state index contributed by atoms with van der Waals surface area (Å²) in [4.78, 5) is 25.0. The second kappa shape index (κ2) is 11.5. The van der Waals surface area contributed by atoms with Crippen LogP contribution >= 0.6 is 0 Å². The minimum absolute atomic E-state index is 0.0440. The molecule has 1 aliphatic heterocycles. The highest BCUT2D eigenvalue weighted by atomic mass is 16.7. The van der Waals surface area contributed by atoms with Crippen molar-refractivity contribution >= 4 is 11.9 Å². The van der Waals surface area contributed by atoms with E-state index in [1.165, 1.54) is 12.5 Å². The van der Waals surface area contributed by atoms with Crippen molar-refractivity contribution in [1.29, 1.82) is 0 Å². The second-order valence-electron chi connectivity index (χ2n) is 18.6. The van der Waals surface area contributed by atoms with E-state index in [4.69, 9.17) is 9.47 Å². The summed E-state index contributed by atoms with van der Waals surface area (Å²) in [5, 5.41) is 44.7. The van der Waals surface area contributed by atoms with E-state index < -0.39 is 48.6 Å². The largest absolute Gasteiger partial charge is 0.481 e. The van der Waals surface area contributed by atoms with E-state index in [-0.39, 0.29) is 45.0 Å². The Morgan fingerprint density at radius 3 is 2.26 bits per heavy atom. The highest BCUT2D eigenvalue weighted by Crippen LogP contribution is 2.76. The van der Waals surface area contributed by atoms with Crippen LogP contribution in [0.5, 0.6) is 0 Å². The lowest BCUT2D eigenvalue weighted by Crippen LogP contribution is -2.67. The molecule has 0 aromatic heterocycles. The average molecular weight is 660 g/mol. The van der Waals surface area contributed by atoms with Crippen LogP contribution in [-0.2, 0) is 19.1 Å². The van der Waals surface area contributed by atoms with Crippen molar-refractivity contribution in [3.63, 3.8) is 0 Å². The number of hydrogen-bond donors (Lipinski definition) is 5. The normalized spacial score (nSPS) is 50.1. The summed E-state index contributed by atoms with van der Waals surface area (Å²) in [6, 6.07) is -0.958. The molecule has 5 N–H and O–H groups in total. The first-order chi connectivity index (χ1) is 21.8. The minimum Gasteiger partial charge on any atom is -0.481 e. The molecule has 5 fully saturated rings. The Hall–Kier alpha value is -1.52. The van der Waals surface area contributed by atoms with Gasteiger partial charge in [0.1, 0.15) is 24.4 Å². The topological polar surface area (TPSA) is 146 Å². The molecule has 5 aliphatic carbocycles. The van der Waals surface area contributed by atoms with Gasteiger partial charge in [0.2, 0.25) is 5.91 Å². The summed E-state index contributed by atoms with van der Waals surface area (Å²) in [5.74, 6) is -0.0617. The van der Waals surface area contributed by atoms with Crippen molar-refractivity contribution in [1.82, 2.24) is 5.32 Å². The van der Waals surface area contributed by atoms with E-state index in [9.17, 15) is 30.0 Å². The molecule has 0 aromatic carbocycles. The van der Waals surface area contributed by atoms with Gasteiger partial charge < -0.3 is 35.2 Å². The van der Waals surface area contributed by atoms with Gasteiger partial charge in [-0.1, -0.05) is 60.1 Å². The van der Waals surface area contributed by atoms with E-state index in [2.05, 4.69) is 59.9 Å². The number of rotatable bonds is 5. The summed E-state index contributed by atoms with van der Waals surface area (Å²) in [6.07, 6.45) is 6.79. The van der Waals surface area contributed by atoms with Crippen LogP contribution in [0.1, 0.15) is 120 Å². The van der Waals surface area contributed by atoms with Crippen molar-refractivity contribution < 1.29 is 39.5 Å². The van der Waals surface area contributed by atoms with Gasteiger partial charge in [0.05, 0.1) is 18.1 Å². The molecule has 4 saturated carbocycles. The van der Waals surface area contributed by atoms with Gasteiger partial charge in [0.15, 0.2) is 6.29 Å². The first-order valence-corrected chi connectivity index (χ1v) is 18.3. The fourth-order valence-corrected chi connectivity index (χ4v) is 12.6. The summed E-state index contributed by atoms with van der Waals surface area (Å²) in [5.41, 5.74) is 0.733. The number of aliphatic hydroxyl groups excluding tert-OH is 3. The zero-order valence-corrected chi connectivity index (χ0v) is 30.0. The summed E-state index contributed by atoms with van der Waals surface area (Å²) in [7, 11) is 0. The molecule has 1 saturated heterocycles. The number of hydrogen-bond acceptors (Lipinski definition) is 7. The van der Waals surface area contributed by atoms with Crippen LogP contribution < -0.4 is 5.32 Å². The number of carbonyl (C=O) groups is 2. The number of aliphatic carboxylic acids is 1. The van der Waals surface area contributed by atoms with Crippen LogP contribution in [0.3, 0.4) is 0 Å². The Morgan fingerprint density at radius 1 is 0.936 bits per heavy atom. The highest BCUT2D eigenvalue weighted by Gasteiger charge is 2.69. The van der Waals surface area contributed by atoms with Gasteiger partial charge in [0.25, 0.3) is 0 Å². The summed E-state index contributed by atoms with van der Waals surface area (Å²) in [6.45, 7) is 17.6. The molecule has 1 heterocycles. The number of ether oxygens (including phenoxy) is 2. The lowest BCUT2D eigenvalue weighted by Gasteiger charge is -2.71. The van der Waals surface area contributed by atoms with Crippen LogP contribution in [0.4, 0.5) is 0 Å². The maximum Gasteiger partial charge on any atom is 0.310 e. The van der Waals surface area contributed by atoms with Crippen molar-refractivity contribution in [3.05, 3.63) is 11.6 Å². The zero-order chi connectivity index (χ0) is 34.5. The molecule has 266 valence electrons. The lowest BCUT2D eigenvalue weighted by molar-refractivity contribution is -0.306. The van der Waals surface area contributed by atoms with Gasteiger partial charge in [-0.05, 0) is 109 Å². The number of carboxylic acids is 1. The molecule has 1 amide bonds. The molecule has 0 aromatic rings. The quantitative estimate of drug-likeness (QED) is 0.200. The standard InChI is InChI=1S/C38H61NO8/c1-21(41)39-28-30(43)29(42)24(20-40)46-31(28)47-27-12-13-35(6)25(34(27,4)5)11-14-37(8)26(35)10-9-22-23-19-33(2,3)15-17-38(23,32(44)45)18-16-36(22,37)7/h9,23-31,40,42-43H,10-20H2,1-8H3,(H,39,41)(H,44,45)/t23-,24-,25+,26-,27+,28-,29-,30-,31+,35+,36-,37-,38+/m1/s1. The number of carboxylic acid groups (broad SMARTS) is 1. The van der Waals surface area contributed by atoms with Gasteiger partial charge in [-0.25, -0.2) is 0 Å². The number of allylic oxidation sites excluding steroid dienone is 2. The van der Waals surface area contributed by atoms with E-state index >= 15 is 0 Å². The molecule has 13 atom stereocenters. The van der Waals surface area contributed by atoms with E-state index in [1.54, 1.807) is 0 Å². The van der Waals surface area contributed by atoms with Crippen molar-refractivity contribution in [2.75, 3.05) is 6.61 Å². The second-order valence-corrected chi connectivity index (χ2v) is 18.6. The lowest BCUT2D eigenvalue weighted by atomic mass is 9.33. The molecule has 47 heavy (non-hydrogen) atoms. The zero-order valence-electron chi connectivity index (χ0n) is 30.0. The van der Waals surface area contributed by atoms with Crippen LogP contribution in [0, 0.1) is 50.2 Å². The predicted octanol–water partition coefficient (Wildman–Crippen LogP) is 5.20. The number of amides is 1.